The molecule has 2 aromatic carbocycles. The summed E-state index contributed by atoms with van der Waals surface area (Å²) in [6, 6.07) is 18.2. The van der Waals surface area contributed by atoms with E-state index in [1.165, 1.54) is 24.1 Å². The molecule has 0 aliphatic carbocycles. The second-order valence-electron chi connectivity index (χ2n) is 6.69. The molecule has 0 saturated heterocycles. The number of hydrogen-bond acceptors (Lipinski definition) is 3. The van der Waals surface area contributed by atoms with E-state index in [1.54, 1.807) is 0 Å². The van der Waals surface area contributed by atoms with Crippen LogP contribution in [0.5, 0.6) is 5.75 Å². The topological polar surface area (TPSA) is 41.6 Å². The van der Waals surface area contributed by atoms with Gasteiger partial charge in [-0.15, -0.1) is 0 Å². The maximum Gasteiger partial charge on any atom is 0.261 e. The Labute approximate surface area is 156 Å². The van der Waals surface area contributed by atoms with E-state index in [9.17, 15) is 4.79 Å². The lowest BCUT2D eigenvalue weighted by Crippen LogP contribution is -2.39. The number of ether oxygens (including phenoxy) is 1. The van der Waals surface area contributed by atoms with Crippen LogP contribution in [0, 0.1) is 0 Å². The second-order valence-corrected chi connectivity index (χ2v) is 6.69. The van der Waals surface area contributed by atoms with Gasteiger partial charge in [0.25, 0.3) is 5.91 Å². The van der Waals surface area contributed by atoms with Crippen molar-refractivity contribution >= 4 is 11.6 Å². The number of hydrogen-bond donors (Lipinski definition) is 1. The van der Waals surface area contributed by atoms with Crippen molar-refractivity contribution in [1.29, 1.82) is 0 Å². The summed E-state index contributed by atoms with van der Waals surface area (Å²) in [5.41, 5.74) is 2.79. The van der Waals surface area contributed by atoms with Gasteiger partial charge in [0.1, 0.15) is 5.75 Å². The first-order valence-corrected chi connectivity index (χ1v) is 9.60. The average Bonchev–Trinajstić information content (AvgIpc) is 2.70. The van der Waals surface area contributed by atoms with Crippen molar-refractivity contribution < 1.29 is 9.53 Å². The molecule has 0 bridgehead atoms. The summed E-state index contributed by atoms with van der Waals surface area (Å²) in [7, 11) is 0. The van der Waals surface area contributed by atoms with E-state index in [2.05, 4.69) is 34.5 Å². The predicted molar refractivity (Wildman–Crippen MR) is 106 cm³/mol. The lowest BCUT2D eigenvalue weighted by molar-refractivity contribution is -0.128. The molecule has 0 radical (unpaired) electrons. The largest absolute Gasteiger partial charge is 0.481 e. The second kappa shape index (κ2) is 9.27. The Kier molecular flexibility index (Phi) is 6.53. The summed E-state index contributed by atoms with van der Waals surface area (Å²) < 4.78 is 5.80. The normalized spacial score (nSPS) is 14.4. The molecule has 0 fully saturated rings. The third kappa shape index (κ3) is 4.78. The van der Waals surface area contributed by atoms with Crippen LogP contribution in [0.3, 0.4) is 0 Å². The van der Waals surface area contributed by atoms with Crippen LogP contribution in [0.25, 0.3) is 0 Å². The highest BCUT2D eigenvalue weighted by molar-refractivity contribution is 5.81. The molecule has 1 heterocycles. The molecule has 1 aliphatic heterocycles. The molecule has 1 N–H and O–H groups in total. The number of benzene rings is 2. The van der Waals surface area contributed by atoms with E-state index >= 15 is 0 Å². The Morgan fingerprint density at radius 3 is 2.73 bits per heavy atom. The van der Waals surface area contributed by atoms with E-state index in [4.69, 9.17) is 4.74 Å². The SMILES string of the molecule is CC[C@@H](Oc1ccccc1)C(=O)NCCCN1CCCc2ccccc21. The Balaban J connectivity index is 1.44. The molecule has 0 spiro atoms. The molecule has 138 valence electrons. The number of rotatable bonds is 8. The van der Waals surface area contributed by atoms with Crippen LogP contribution in [-0.2, 0) is 11.2 Å². The number of aryl methyl sites for hydroxylation is 1. The first-order chi connectivity index (χ1) is 12.8. The quantitative estimate of drug-likeness (QED) is 0.735. The van der Waals surface area contributed by atoms with Gasteiger partial charge in [0, 0.05) is 25.3 Å². The van der Waals surface area contributed by atoms with Gasteiger partial charge in [-0.25, -0.2) is 0 Å². The van der Waals surface area contributed by atoms with Gasteiger partial charge in [0.15, 0.2) is 6.10 Å². The number of fused-ring (bicyclic) bond motifs is 1. The van der Waals surface area contributed by atoms with Gasteiger partial charge in [-0.3, -0.25) is 4.79 Å². The Bertz CT molecular complexity index is 702. The summed E-state index contributed by atoms with van der Waals surface area (Å²) in [4.78, 5) is 14.8. The van der Waals surface area contributed by atoms with Gasteiger partial charge < -0.3 is 15.0 Å². The highest BCUT2D eigenvalue weighted by atomic mass is 16.5. The van der Waals surface area contributed by atoms with Crippen LogP contribution < -0.4 is 15.0 Å². The summed E-state index contributed by atoms with van der Waals surface area (Å²) in [5.74, 6) is 0.704. The minimum atomic E-state index is -0.437. The molecule has 1 aliphatic rings. The van der Waals surface area contributed by atoms with Gasteiger partial charge in [-0.1, -0.05) is 43.3 Å². The summed E-state index contributed by atoms with van der Waals surface area (Å²) in [6.07, 6.45) is 3.51. The van der Waals surface area contributed by atoms with Gasteiger partial charge in [0.2, 0.25) is 0 Å². The van der Waals surface area contributed by atoms with E-state index in [-0.39, 0.29) is 5.91 Å². The monoisotopic (exact) mass is 352 g/mol. The molecule has 2 aromatic rings. The minimum absolute atomic E-state index is 0.0320. The van der Waals surface area contributed by atoms with E-state index in [1.807, 2.05) is 37.3 Å². The smallest absolute Gasteiger partial charge is 0.261 e. The zero-order valence-corrected chi connectivity index (χ0v) is 15.5. The minimum Gasteiger partial charge on any atom is -0.481 e. The summed E-state index contributed by atoms with van der Waals surface area (Å²) >= 11 is 0. The van der Waals surface area contributed by atoms with E-state index in [0.717, 1.165) is 25.3 Å². The molecule has 3 rings (SSSR count). The lowest BCUT2D eigenvalue weighted by atomic mass is 10.0. The zero-order valence-electron chi connectivity index (χ0n) is 15.5. The lowest BCUT2D eigenvalue weighted by Gasteiger charge is -2.31. The molecule has 4 heteroatoms. The number of carbonyl (C=O) groups is 1. The Morgan fingerprint density at radius 2 is 1.92 bits per heavy atom. The number of nitrogens with one attached hydrogen (secondary N) is 1. The fraction of sp³-hybridized carbons (Fsp3) is 0.409. The molecule has 0 unspecified atom stereocenters. The van der Waals surface area contributed by atoms with Crippen LogP contribution in [0.4, 0.5) is 5.69 Å². The first-order valence-electron chi connectivity index (χ1n) is 9.60. The zero-order chi connectivity index (χ0) is 18.2. The number of carbonyl (C=O) groups excluding carboxylic acids is 1. The number of para-hydroxylation sites is 2. The molecule has 1 amide bonds. The van der Waals surface area contributed by atoms with Crippen molar-refractivity contribution in [2.24, 2.45) is 0 Å². The molecular formula is C22H28N2O2. The predicted octanol–water partition coefficient (Wildman–Crippen LogP) is 3.80. The van der Waals surface area contributed by atoms with Crippen molar-refractivity contribution in [1.82, 2.24) is 5.32 Å². The average molecular weight is 352 g/mol. The molecular weight excluding hydrogens is 324 g/mol. The summed E-state index contributed by atoms with van der Waals surface area (Å²) in [6.45, 7) is 4.71. The maximum atomic E-state index is 12.4. The molecule has 1 atom stereocenters. The fourth-order valence-corrected chi connectivity index (χ4v) is 3.42. The molecule has 26 heavy (non-hydrogen) atoms. The number of amides is 1. The van der Waals surface area contributed by atoms with Crippen LogP contribution in [-0.4, -0.2) is 31.6 Å². The van der Waals surface area contributed by atoms with Crippen molar-refractivity contribution in [2.75, 3.05) is 24.5 Å². The van der Waals surface area contributed by atoms with E-state index in [0.29, 0.717) is 13.0 Å². The van der Waals surface area contributed by atoms with Gasteiger partial charge >= 0.3 is 0 Å². The molecule has 0 aromatic heterocycles. The summed E-state index contributed by atoms with van der Waals surface area (Å²) in [5, 5.41) is 3.03. The van der Waals surface area contributed by atoms with E-state index < -0.39 is 6.10 Å². The highest BCUT2D eigenvalue weighted by Crippen LogP contribution is 2.26. The Hall–Kier alpha value is -2.49. The van der Waals surface area contributed by atoms with Crippen molar-refractivity contribution in [3.8, 4) is 5.75 Å². The molecule has 0 saturated carbocycles. The van der Waals surface area contributed by atoms with Crippen molar-refractivity contribution in [2.45, 2.75) is 38.7 Å². The third-order valence-corrected chi connectivity index (χ3v) is 4.80. The Morgan fingerprint density at radius 1 is 1.15 bits per heavy atom. The van der Waals surface area contributed by atoms with Crippen LogP contribution in [0.1, 0.15) is 31.7 Å². The van der Waals surface area contributed by atoms with Gasteiger partial charge in [-0.05, 0) is 49.4 Å². The van der Waals surface area contributed by atoms with Crippen LogP contribution in [0.2, 0.25) is 0 Å². The van der Waals surface area contributed by atoms with Crippen LogP contribution in [0.15, 0.2) is 54.6 Å². The van der Waals surface area contributed by atoms with Gasteiger partial charge in [-0.2, -0.15) is 0 Å². The number of anilines is 1. The molecule has 4 nitrogen and oxygen atoms in total. The standard InChI is InChI=1S/C22H28N2O2/c1-2-21(26-19-12-4-3-5-13-19)22(25)23-15-9-17-24-16-8-11-18-10-6-7-14-20(18)24/h3-7,10,12-14,21H,2,8-9,11,15-17H2,1H3,(H,23,25)/t21-/m1/s1. The fourth-order valence-electron chi connectivity index (χ4n) is 3.42. The highest BCUT2D eigenvalue weighted by Gasteiger charge is 2.19. The third-order valence-electron chi connectivity index (χ3n) is 4.80. The van der Waals surface area contributed by atoms with Crippen molar-refractivity contribution in [3.05, 3.63) is 60.2 Å². The number of nitrogens with zero attached hydrogens (tertiary/aromatic N) is 1. The first kappa shape index (κ1) is 18.3. The van der Waals surface area contributed by atoms with Crippen LogP contribution >= 0.6 is 0 Å². The van der Waals surface area contributed by atoms with Gasteiger partial charge in [0.05, 0.1) is 0 Å². The van der Waals surface area contributed by atoms with Crippen molar-refractivity contribution in [3.63, 3.8) is 0 Å². The maximum absolute atomic E-state index is 12.4.